The highest BCUT2D eigenvalue weighted by molar-refractivity contribution is 6.12. The largest absolute Gasteiger partial charge is 0.309 e. The molecule has 0 bridgehead atoms. The van der Waals surface area contributed by atoms with Crippen LogP contribution < -0.4 is 0 Å². The smallest absolute Gasteiger partial charge is 0.101 e. The number of nitrogens with zero attached hydrogens (tertiary/aromatic N) is 4. The monoisotopic (exact) mass is 610 g/mol. The average molecular weight is 611 g/mol. The molecule has 0 spiro atoms. The minimum Gasteiger partial charge on any atom is -0.309 e. The van der Waals surface area contributed by atoms with Crippen LogP contribution in [0.4, 0.5) is 0 Å². The second-order valence-electron chi connectivity index (χ2n) is 12.0. The fourth-order valence-corrected chi connectivity index (χ4v) is 7.32. The minimum absolute atomic E-state index is 0.620. The summed E-state index contributed by atoms with van der Waals surface area (Å²) in [5, 5.41) is 24.6. The number of hydrogen-bond acceptors (Lipinski definition) is 2. The van der Waals surface area contributed by atoms with Crippen LogP contribution in [0.2, 0.25) is 0 Å². The first-order valence-electron chi connectivity index (χ1n) is 15.9. The molecular formula is C44H26N4. The van der Waals surface area contributed by atoms with Gasteiger partial charge in [0.25, 0.3) is 0 Å². The molecule has 0 fully saturated rings. The third-order valence-electron chi connectivity index (χ3n) is 9.41. The van der Waals surface area contributed by atoms with E-state index >= 15 is 0 Å². The lowest BCUT2D eigenvalue weighted by Crippen LogP contribution is -1.98. The summed E-state index contributed by atoms with van der Waals surface area (Å²) >= 11 is 0. The molecule has 0 atom stereocenters. The highest BCUT2D eigenvalue weighted by Crippen LogP contribution is 2.39. The van der Waals surface area contributed by atoms with Gasteiger partial charge in [0.1, 0.15) is 6.07 Å². The lowest BCUT2D eigenvalue weighted by Gasteiger charge is -2.15. The van der Waals surface area contributed by atoms with Gasteiger partial charge in [0.15, 0.2) is 0 Å². The molecule has 0 unspecified atom stereocenters. The van der Waals surface area contributed by atoms with Crippen molar-refractivity contribution in [1.82, 2.24) is 9.13 Å². The second kappa shape index (κ2) is 10.9. The Morgan fingerprint density at radius 2 is 0.917 bits per heavy atom. The topological polar surface area (TPSA) is 57.4 Å². The van der Waals surface area contributed by atoms with E-state index < -0.39 is 0 Å². The van der Waals surface area contributed by atoms with E-state index in [0.29, 0.717) is 11.1 Å². The van der Waals surface area contributed by atoms with E-state index in [1.165, 1.54) is 0 Å². The molecule has 7 aromatic carbocycles. The van der Waals surface area contributed by atoms with E-state index in [2.05, 4.69) is 130 Å². The van der Waals surface area contributed by atoms with Crippen LogP contribution >= 0.6 is 0 Å². The summed E-state index contributed by atoms with van der Waals surface area (Å²) in [6.45, 7) is 0. The van der Waals surface area contributed by atoms with Gasteiger partial charge >= 0.3 is 0 Å². The van der Waals surface area contributed by atoms with Crippen molar-refractivity contribution in [2.24, 2.45) is 0 Å². The van der Waals surface area contributed by atoms with E-state index in [1.54, 1.807) is 0 Å². The lowest BCUT2D eigenvalue weighted by molar-refractivity contribution is 1.17. The maximum Gasteiger partial charge on any atom is 0.101 e. The van der Waals surface area contributed by atoms with E-state index in [4.69, 9.17) is 0 Å². The normalized spacial score (nSPS) is 11.3. The Hall–Kier alpha value is -6.88. The highest BCUT2D eigenvalue weighted by Gasteiger charge is 2.19. The number of fused-ring (bicyclic) bond motifs is 6. The number of nitriles is 2. The van der Waals surface area contributed by atoms with Crippen molar-refractivity contribution in [3.63, 3.8) is 0 Å². The number of aromatic nitrogens is 2. The molecule has 9 aromatic rings. The van der Waals surface area contributed by atoms with Crippen molar-refractivity contribution in [1.29, 1.82) is 10.5 Å². The van der Waals surface area contributed by atoms with E-state index in [9.17, 15) is 10.5 Å². The molecule has 0 aliphatic heterocycles. The molecule has 2 heterocycles. The third-order valence-corrected chi connectivity index (χ3v) is 9.41. The Kier molecular flexibility index (Phi) is 6.22. The summed E-state index contributed by atoms with van der Waals surface area (Å²) in [7, 11) is 0. The Bertz CT molecular complexity index is 2760. The molecule has 4 nitrogen and oxygen atoms in total. The van der Waals surface area contributed by atoms with Crippen molar-refractivity contribution in [3.05, 3.63) is 169 Å². The molecule has 2 aromatic heterocycles. The summed E-state index contributed by atoms with van der Waals surface area (Å²) in [6, 6.07) is 59.0. The first kappa shape index (κ1) is 27.4. The van der Waals surface area contributed by atoms with Crippen molar-refractivity contribution >= 4 is 43.6 Å². The number of hydrogen-bond donors (Lipinski definition) is 0. The average Bonchev–Trinajstić information content (AvgIpc) is 3.68. The number of para-hydroxylation sites is 4. The van der Waals surface area contributed by atoms with Crippen LogP contribution in [0.5, 0.6) is 0 Å². The molecule has 0 saturated heterocycles. The molecule has 222 valence electrons. The molecule has 0 aliphatic rings. The molecule has 0 radical (unpaired) electrons. The van der Waals surface area contributed by atoms with Crippen LogP contribution in [0.15, 0.2) is 158 Å². The van der Waals surface area contributed by atoms with Gasteiger partial charge in [0.05, 0.1) is 50.6 Å². The van der Waals surface area contributed by atoms with Gasteiger partial charge in [-0.15, -0.1) is 0 Å². The fourth-order valence-electron chi connectivity index (χ4n) is 7.32. The Balaban J connectivity index is 1.23. The van der Waals surface area contributed by atoms with Crippen molar-refractivity contribution in [3.8, 4) is 45.8 Å². The lowest BCUT2D eigenvalue weighted by atomic mass is 9.96. The molecule has 0 aliphatic carbocycles. The Morgan fingerprint density at radius 1 is 0.375 bits per heavy atom. The molecule has 0 amide bonds. The Morgan fingerprint density at radius 3 is 1.65 bits per heavy atom. The van der Waals surface area contributed by atoms with Crippen LogP contribution in [0.1, 0.15) is 11.1 Å². The van der Waals surface area contributed by atoms with E-state index in [0.717, 1.165) is 77.2 Å². The van der Waals surface area contributed by atoms with Gasteiger partial charge in [0, 0.05) is 27.1 Å². The predicted molar refractivity (Wildman–Crippen MR) is 195 cm³/mol. The second-order valence-corrected chi connectivity index (χ2v) is 12.0. The zero-order valence-electron chi connectivity index (χ0n) is 25.8. The van der Waals surface area contributed by atoms with Gasteiger partial charge in [0.2, 0.25) is 0 Å². The van der Waals surface area contributed by atoms with Crippen LogP contribution in [0, 0.1) is 22.7 Å². The molecule has 0 N–H and O–H groups in total. The summed E-state index contributed by atoms with van der Waals surface area (Å²) < 4.78 is 4.49. The third kappa shape index (κ3) is 4.07. The molecule has 0 saturated carbocycles. The number of rotatable bonds is 4. The van der Waals surface area contributed by atoms with Gasteiger partial charge in [-0.2, -0.15) is 10.5 Å². The molecular weight excluding hydrogens is 585 g/mol. The maximum atomic E-state index is 10.2. The zero-order valence-corrected chi connectivity index (χ0v) is 25.8. The van der Waals surface area contributed by atoms with Crippen LogP contribution in [-0.4, -0.2) is 9.13 Å². The van der Waals surface area contributed by atoms with E-state index in [-0.39, 0.29) is 0 Å². The van der Waals surface area contributed by atoms with Crippen LogP contribution in [-0.2, 0) is 0 Å². The van der Waals surface area contributed by atoms with Crippen LogP contribution in [0.25, 0.3) is 77.2 Å². The molecule has 48 heavy (non-hydrogen) atoms. The van der Waals surface area contributed by atoms with Gasteiger partial charge in [-0.3, -0.25) is 0 Å². The summed E-state index contributed by atoms with van der Waals surface area (Å²) in [6.07, 6.45) is 0. The summed E-state index contributed by atoms with van der Waals surface area (Å²) in [5.74, 6) is 0. The van der Waals surface area contributed by atoms with Crippen molar-refractivity contribution in [2.45, 2.75) is 0 Å². The van der Waals surface area contributed by atoms with Crippen molar-refractivity contribution in [2.75, 3.05) is 0 Å². The van der Waals surface area contributed by atoms with E-state index in [1.807, 2.05) is 48.5 Å². The fraction of sp³-hybridized carbons (Fsp3) is 0. The summed E-state index contributed by atoms with van der Waals surface area (Å²) in [4.78, 5) is 0. The maximum absolute atomic E-state index is 10.2. The van der Waals surface area contributed by atoms with Gasteiger partial charge in [-0.1, -0.05) is 103 Å². The molecule has 4 heteroatoms. The quantitative estimate of drug-likeness (QED) is 0.199. The minimum atomic E-state index is 0.620. The van der Waals surface area contributed by atoms with Crippen LogP contribution in [0.3, 0.4) is 0 Å². The standard InChI is InChI=1S/C44H26N4/c45-27-32-24-23-30(26-43(32)48-39-19-6-2-15-35(39)36-16-3-7-20-40(36)48)29-11-9-12-31(25-29)34-14-1-5-18-38(34)47-41-21-8-4-17-37(41)44-33(28-46)13-10-22-42(44)47/h1-26H. The summed E-state index contributed by atoms with van der Waals surface area (Å²) in [5.41, 5.74) is 11.6. The Labute approximate surface area is 277 Å². The van der Waals surface area contributed by atoms with Gasteiger partial charge < -0.3 is 9.13 Å². The first-order valence-corrected chi connectivity index (χ1v) is 15.9. The predicted octanol–water partition coefficient (Wildman–Crippen LogP) is 11.0. The first-order chi connectivity index (χ1) is 23.7. The number of benzene rings is 7. The van der Waals surface area contributed by atoms with Crippen molar-refractivity contribution < 1.29 is 0 Å². The molecule has 9 rings (SSSR count). The zero-order chi connectivity index (χ0) is 32.2. The SMILES string of the molecule is N#Cc1ccc(-c2cccc(-c3ccccc3-n3c4ccccc4c4c(C#N)cccc43)c2)cc1-n1c2ccccc2c2ccccc21. The van der Waals surface area contributed by atoms with Gasteiger partial charge in [-0.25, -0.2) is 0 Å². The highest BCUT2D eigenvalue weighted by atomic mass is 15.0. The van der Waals surface area contributed by atoms with Gasteiger partial charge in [-0.05, 0) is 71.3 Å².